The van der Waals surface area contributed by atoms with E-state index in [1.807, 2.05) is 0 Å². The molecule has 0 saturated carbocycles. The zero-order valence-corrected chi connectivity index (χ0v) is 11.8. The van der Waals surface area contributed by atoms with Gasteiger partial charge in [-0.05, 0) is 28.9 Å². The summed E-state index contributed by atoms with van der Waals surface area (Å²) in [5, 5.41) is 22.4. The smallest absolute Gasteiger partial charge is 0.270 e. The number of non-ortho nitro benzene ring substituents is 1. The Hall–Kier alpha value is -1.51. The number of rotatable bonds is 5. The molecule has 104 valence electrons. The summed E-state index contributed by atoms with van der Waals surface area (Å²) in [4.78, 5) is 21.9. The number of nitrogens with two attached hydrogens (primary N) is 1. The molecule has 0 aromatic heterocycles. The molecular weight excluding hydrogens is 318 g/mol. The molecule has 0 aliphatic heterocycles. The summed E-state index contributed by atoms with van der Waals surface area (Å²) < 4.78 is 0.446. The van der Waals surface area contributed by atoms with Crippen LogP contribution in [0.15, 0.2) is 22.7 Å². The molecule has 7 nitrogen and oxygen atoms in total. The summed E-state index contributed by atoms with van der Waals surface area (Å²) in [5.74, 6) is -0.494. The van der Waals surface area contributed by atoms with Crippen molar-refractivity contribution in [2.75, 3.05) is 6.54 Å². The second kappa shape index (κ2) is 6.60. The first-order chi connectivity index (χ1) is 8.82. The van der Waals surface area contributed by atoms with Crippen molar-refractivity contribution in [3.8, 4) is 0 Å². The van der Waals surface area contributed by atoms with Crippen molar-refractivity contribution in [3.63, 3.8) is 0 Å². The number of nitrogens with zero attached hydrogens (tertiary/aromatic N) is 1. The Morgan fingerprint density at radius 1 is 1.63 bits per heavy atom. The number of nitro groups is 1. The van der Waals surface area contributed by atoms with Gasteiger partial charge >= 0.3 is 0 Å². The van der Waals surface area contributed by atoms with Gasteiger partial charge in [-0.15, -0.1) is 0 Å². The van der Waals surface area contributed by atoms with Gasteiger partial charge < -0.3 is 16.2 Å². The molecule has 0 spiro atoms. The van der Waals surface area contributed by atoms with Crippen LogP contribution in [0.2, 0.25) is 0 Å². The first-order valence-corrected chi connectivity index (χ1v) is 6.28. The predicted octanol–water partition coefficient (Wildman–Crippen LogP) is 0.795. The van der Waals surface area contributed by atoms with Gasteiger partial charge in [0.15, 0.2) is 0 Å². The minimum absolute atomic E-state index is 0.0750. The highest BCUT2D eigenvalue weighted by atomic mass is 79.9. The van der Waals surface area contributed by atoms with Gasteiger partial charge in [0.25, 0.3) is 11.6 Å². The van der Waals surface area contributed by atoms with E-state index in [-0.39, 0.29) is 17.8 Å². The topological polar surface area (TPSA) is 118 Å². The number of carbonyl (C=O) groups excluding carboxylic acids is 1. The highest BCUT2D eigenvalue weighted by Crippen LogP contribution is 2.22. The number of amides is 1. The lowest BCUT2D eigenvalue weighted by atomic mass is 10.1. The Kier molecular flexibility index (Phi) is 5.40. The van der Waals surface area contributed by atoms with Crippen LogP contribution >= 0.6 is 15.9 Å². The van der Waals surface area contributed by atoms with Crippen molar-refractivity contribution in [1.29, 1.82) is 0 Å². The average molecular weight is 332 g/mol. The van der Waals surface area contributed by atoms with Crippen LogP contribution in [0.1, 0.15) is 17.3 Å². The van der Waals surface area contributed by atoms with Crippen molar-refractivity contribution >= 4 is 27.5 Å². The van der Waals surface area contributed by atoms with Gasteiger partial charge in [-0.1, -0.05) is 0 Å². The van der Waals surface area contributed by atoms with Gasteiger partial charge in [0, 0.05) is 29.2 Å². The molecule has 0 aliphatic rings. The summed E-state index contributed by atoms with van der Waals surface area (Å²) >= 11 is 3.15. The molecule has 8 heteroatoms. The van der Waals surface area contributed by atoms with E-state index in [1.165, 1.54) is 25.1 Å². The van der Waals surface area contributed by atoms with Crippen molar-refractivity contribution in [1.82, 2.24) is 5.32 Å². The molecule has 2 unspecified atom stereocenters. The maximum absolute atomic E-state index is 11.9. The Morgan fingerprint density at radius 3 is 2.79 bits per heavy atom. The fourth-order valence-electron chi connectivity index (χ4n) is 1.28. The van der Waals surface area contributed by atoms with Crippen molar-refractivity contribution in [3.05, 3.63) is 38.3 Å². The number of nitro benzene ring substituents is 1. The molecule has 0 saturated heterocycles. The van der Waals surface area contributed by atoms with Crippen LogP contribution < -0.4 is 11.1 Å². The molecular formula is C11H14BrN3O4. The molecule has 1 aromatic rings. The number of carbonyl (C=O) groups is 1. The first kappa shape index (κ1) is 15.5. The van der Waals surface area contributed by atoms with Crippen LogP contribution in [0.4, 0.5) is 5.69 Å². The summed E-state index contributed by atoms with van der Waals surface area (Å²) in [7, 11) is 0. The highest BCUT2D eigenvalue weighted by molar-refractivity contribution is 9.10. The number of halogens is 1. The van der Waals surface area contributed by atoms with Crippen molar-refractivity contribution in [2.45, 2.75) is 19.1 Å². The van der Waals surface area contributed by atoms with Crippen molar-refractivity contribution in [2.24, 2.45) is 5.73 Å². The van der Waals surface area contributed by atoms with Gasteiger partial charge in [0.05, 0.1) is 16.6 Å². The number of benzene rings is 1. The largest absolute Gasteiger partial charge is 0.392 e. The van der Waals surface area contributed by atoms with Gasteiger partial charge in [0.2, 0.25) is 0 Å². The van der Waals surface area contributed by atoms with Gasteiger partial charge in [-0.3, -0.25) is 14.9 Å². The normalized spacial score (nSPS) is 13.7. The maximum Gasteiger partial charge on any atom is 0.270 e. The molecule has 1 rings (SSSR count). The molecule has 1 amide bonds. The van der Waals surface area contributed by atoms with E-state index in [4.69, 9.17) is 5.73 Å². The standard InChI is InChI=1S/C11H14BrN3O4/c1-6(16)10(13)5-14-11(17)8-4-7(15(18)19)2-3-9(8)12/h2-4,6,10,16H,5,13H2,1H3,(H,14,17). The first-order valence-electron chi connectivity index (χ1n) is 5.48. The number of hydrogen-bond acceptors (Lipinski definition) is 5. The summed E-state index contributed by atoms with van der Waals surface area (Å²) in [6.07, 6.45) is -0.756. The predicted molar refractivity (Wildman–Crippen MR) is 72.8 cm³/mol. The number of aliphatic hydroxyl groups excluding tert-OH is 1. The Balaban J connectivity index is 2.82. The summed E-state index contributed by atoms with van der Waals surface area (Å²) in [6, 6.07) is 3.30. The minimum Gasteiger partial charge on any atom is -0.392 e. The number of hydrogen-bond donors (Lipinski definition) is 3. The molecule has 19 heavy (non-hydrogen) atoms. The van der Waals surface area contributed by atoms with E-state index in [1.54, 1.807) is 0 Å². The van der Waals surface area contributed by atoms with Gasteiger partial charge in [0.1, 0.15) is 0 Å². The number of aliphatic hydroxyl groups is 1. The van der Waals surface area contributed by atoms with E-state index in [0.717, 1.165) is 0 Å². The quantitative estimate of drug-likeness (QED) is 0.544. The lowest BCUT2D eigenvalue weighted by Gasteiger charge is -2.15. The second-order valence-corrected chi connectivity index (χ2v) is 4.89. The third-order valence-corrected chi connectivity index (χ3v) is 3.21. The molecule has 0 heterocycles. The third-order valence-electron chi connectivity index (χ3n) is 2.52. The lowest BCUT2D eigenvalue weighted by molar-refractivity contribution is -0.384. The van der Waals surface area contributed by atoms with Crippen molar-refractivity contribution < 1.29 is 14.8 Å². The summed E-state index contributed by atoms with van der Waals surface area (Å²) in [5.41, 5.74) is 5.55. The van der Waals surface area contributed by atoms with E-state index in [2.05, 4.69) is 21.2 Å². The van der Waals surface area contributed by atoms with E-state index < -0.39 is 23.0 Å². The molecule has 0 aliphatic carbocycles. The molecule has 0 bridgehead atoms. The molecule has 2 atom stereocenters. The van der Waals surface area contributed by atoms with Crippen LogP contribution in [0.3, 0.4) is 0 Å². The van der Waals surface area contributed by atoms with Crippen LogP contribution in [0.5, 0.6) is 0 Å². The van der Waals surface area contributed by atoms with E-state index >= 15 is 0 Å². The second-order valence-electron chi connectivity index (χ2n) is 4.04. The van der Waals surface area contributed by atoms with Crippen LogP contribution in [0.25, 0.3) is 0 Å². The highest BCUT2D eigenvalue weighted by Gasteiger charge is 2.17. The van der Waals surface area contributed by atoms with Crippen LogP contribution in [0, 0.1) is 10.1 Å². The molecule has 1 aromatic carbocycles. The lowest BCUT2D eigenvalue weighted by Crippen LogP contribution is -2.43. The number of nitrogens with one attached hydrogen (secondary N) is 1. The van der Waals surface area contributed by atoms with Crippen LogP contribution in [-0.4, -0.2) is 34.6 Å². The van der Waals surface area contributed by atoms with E-state index in [9.17, 15) is 20.0 Å². The molecule has 4 N–H and O–H groups in total. The Labute approximate surface area is 118 Å². The van der Waals surface area contributed by atoms with Crippen LogP contribution in [-0.2, 0) is 0 Å². The molecule has 0 radical (unpaired) electrons. The minimum atomic E-state index is -0.756. The summed E-state index contributed by atoms with van der Waals surface area (Å²) in [6.45, 7) is 1.59. The van der Waals surface area contributed by atoms with E-state index in [0.29, 0.717) is 4.47 Å². The van der Waals surface area contributed by atoms with Gasteiger partial charge in [-0.2, -0.15) is 0 Å². The van der Waals surface area contributed by atoms with Gasteiger partial charge in [-0.25, -0.2) is 0 Å². The zero-order chi connectivity index (χ0) is 14.6. The third kappa shape index (κ3) is 4.27. The zero-order valence-electron chi connectivity index (χ0n) is 10.2. The monoisotopic (exact) mass is 331 g/mol. The fraction of sp³-hybridized carbons (Fsp3) is 0.364. The fourth-order valence-corrected chi connectivity index (χ4v) is 1.70. The average Bonchev–Trinajstić information content (AvgIpc) is 2.35. The molecule has 0 fully saturated rings. The Bertz CT molecular complexity index is 493. The SMILES string of the molecule is CC(O)C(N)CNC(=O)c1cc([N+](=O)[O-])ccc1Br. The Morgan fingerprint density at radius 2 is 2.26 bits per heavy atom. The maximum atomic E-state index is 11.9.